The Morgan fingerprint density at radius 3 is 2.71 bits per heavy atom. The lowest BCUT2D eigenvalue weighted by molar-refractivity contribution is -0.0520. The zero-order valence-electron chi connectivity index (χ0n) is 12.7. The molecule has 0 unspecified atom stereocenters. The van der Waals surface area contributed by atoms with Crippen LogP contribution in [-0.4, -0.2) is 34.3 Å². The van der Waals surface area contributed by atoms with Gasteiger partial charge in [0.1, 0.15) is 5.82 Å². The first-order valence-electron chi connectivity index (χ1n) is 7.00. The number of aromatic nitrogens is 2. The zero-order chi connectivity index (χ0) is 17.5. The van der Waals surface area contributed by atoms with E-state index in [1.807, 2.05) is 0 Å². The summed E-state index contributed by atoms with van der Waals surface area (Å²) in [6.45, 7) is -0.834. The molecule has 0 spiro atoms. The molecule has 7 nitrogen and oxygen atoms in total. The Kier molecular flexibility index (Phi) is 5.83. The lowest BCUT2D eigenvalue weighted by atomic mass is 10.2. The second-order valence-electron chi connectivity index (χ2n) is 4.50. The van der Waals surface area contributed by atoms with Gasteiger partial charge in [0.05, 0.1) is 19.0 Å². The van der Waals surface area contributed by atoms with E-state index in [4.69, 9.17) is 9.84 Å². The predicted octanol–water partition coefficient (Wildman–Crippen LogP) is 2.79. The van der Waals surface area contributed by atoms with E-state index >= 15 is 0 Å². The Labute approximate surface area is 136 Å². The number of anilines is 1. The van der Waals surface area contributed by atoms with Gasteiger partial charge in [-0.2, -0.15) is 8.78 Å². The molecule has 1 heterocycles. The standard InChI is InChI=1S/C15H15F2N3O4/c1-2-23-11-5-3-4-9(13(11)24-15(16)17)6-19-12-8-18-10(7-20-12)14(21)22/h3-5,7-8,15H,2,6H2,1H3,(H,19,20)(H,21,22). The minimum Gasteiger partial charge on any atom is -0.490 e. The second-order valence-corrected chi connectivity index (χ2v) is 4.50. The van der Waals surface area contributed by atoms with Crippen LogP contribution in [0.25, 0.3) is 0 Å². The monoisotopic (exact) mass is 339 g/mol. The fourth-order valence-electron chi connectivity index (χ4n) is 1.91. The fourth-order valence-corrected chi connectivity index (χ4v) is 1.91. The topological polar surface area (TPSA) is 93.6 Å². The van der Waals surface area contributed by atoms with Gasteiger partial charge in [0.25, 0.3) is 0 Å². The van der Waals surface area contributed by atoms with Crippen molar-refractivity contribution < 1.29 is 28.2 Å². The third-order valence-electron chi connectivity index (χ3n) is 2.90. The molecule has 1 aromatic carbocycles. The van der Waals surface area contributed by atoms with Crippen molar-refractivity contribution in [3.63, 3.8) is 0 Å². The molecule has 2 rings (SSSR count). The molecule has 0 aliphatic rings. The summed E-state index contributed by atoms with van der Waals surface area (Å²) in [4.78, 5) is 18.3. The molecule has 0 saturated heterocycles. The SMILES string of the molecule is CCOc1cccc(CNc2cnc(C(=O)O)cn2)c1OC(F)F. The molecule has 0 atom stereocenters. The van der Waals surface area contributed by atoms with E-state index in [0.717, 1.165) is 6.20 Å². The van der Waals surface area contributed by atoms with E-state index in [0.29, 0.717) is 18.0 Å². The van der Waals surface area contributed by atoms with Crippen LogP contribution in [0.15, 0.2) is 30.6 Å². The molecule has 0 aliphatic heterocycles. The van der Waals surface area contributed by atoms with E-state index in [2.05, 4.69) is 20.0 Å². The number of carbonyl (C=O) groups is 1. The first-order valence-corrected chi connectivity index (χ1v) is 7.00. The summed E-state index contributed by atoms with van der Waals surface area (Å²) >= 11 is 0. The van der Waals surface area contributed by atoms with Crippen molar-refractivity contribution in [3.8, 4) is 11.5 Å². The first-order chi connectivity index (χ1) is 11.5. The molecule has 24 heavy (non-hydrogen) atoms. The number of carboxylic acids is 1. The van der Waals surface area contributed by atoms with Crippen LogP contribution < -0.4 is 14.8 Å². The van der Waals surface area contributed by atoms with Crippen LogP contribution in [-0.2, 0) is 6.54 Å². The average molecular weight is 339 g/mol. The van der Waals surface area contributed by atoms with E-state index in [-0.39, 0.29) is 23.7 Å². The molecular formula is C15H15F2N3O4. The maximum atomic E-state index is 12.6. The van der Waals surface area contributed by atoms with Crippen LogP contribution in [0.2, 0.25) is 0 Å². The van der Waals surface area contributed by atoms with Crippen molar-refractivity contribution in [2.24, 2.45) is 0 Å². The lowest BCUT2D eigenvalue weighted by Gasteiger charge is -2.15. The van der Waals surface area contributed by atoms with Gasteiger partial charge in [0.15, 0.2) is 17.2 Å². The number of alkyl halides is 2. The van der Waals surface area contributed by atoms with Gasteiger partial charge in [-0.1, -0.05) is 12.1 Å². The molecule has 0 fully saturated rings. The number of hydrogen-bond acceptors (Lipinski definition) is 6. The quantitative estimate of drug-likeness (QED) is 0.764. The minimum absolute atomic E-state index is 0.0584. The number of nitrogens with zero attached hydrogens (tertiary/aromatic N) is 2. The maximum absolute atomic E-state index is 12.6. The lowest BCUT2D eigenvalue weighted by Crippen LogP contribution is -2.10. The van der Waals surface area contributed by atoms with E-state index in [1.54, 1.807) is 19.1 Å². The Balaban J connectivity index is 2.16. The van der Waals surface area contributed by atoms with Gasteiger partial charge in [-0.05, 0) is 13.0 Å². The number of para-hydroxylation sites is 1. The van der Waals surface area contributed by atoms with Gasteiger partial charge in [0.2, 0.25) is 0 Å². The van der Waals surface area contributed by atoms with E-state index < -0.39 is 12.6 Å². The van der Waals surface area contributed by atoms with Gasteiger partial charge in [0, 0.05) is 12.1 Å². The normalized spacial score (nSPS) is 10.5. The van der Waals surface area contributed by atoms with Crippen molar-refractivity contribution in [1.82, 2.24) is 9.97 Å². The molecule has 0 bridgehead atoms. The van der Waals surface area contributed by atoms with Crippen molar-refractivity contribution >= 4 is 11.8 Å². The summed E-state index contributed by atoms with van der Waals surface area (Å²) < 4.78 is 35.1. The van der Waals surface area contributed by atoms with Gasteiger partial charge >= 0.3 is 12.6 Å². The summed E-state index contributed by atoms with van der Waals surface area (Å²) in [5.41, 5.74) is 0.242. The largest absolute Gasteiger partial charge is 0.490 e. The highest BCUT2D eigenvalue weighted by Crippen LogP contribution is 2.33. The Morgan fingerprint density at radius 2 is 2.12 bits per heavy atom. The zero-order valence-corrected chi connectivity index (χ0v) is 12.7. The molecule has 128 valence electrons. The van der Waals surface area contributed by atoms with E-state index in [1.165, 1.54) is 12.3 Å². The molecule has 2 aromatic rings. The maximum Gasteiger partial charge on any atom is 0.387 e. The molecule has 9 heteroatoms. The summed E-state index contributed by atoms with van der Waals surface area (Å²) in [7, 11) is 0. The molecule has 0 amide bonds. The van der Waals surface area contributed by atoms with Crippen LogP contribution in [0.3, 0.4) is 0 Å². The highest BCUT2D eigenvalue weighted by Gasteiger charge is 2.15. The summed E-state index contributed by atoms with van der Waals surface area (Å²) in [6.07, 6.45) is 2.33. The third kappa shape index (κ3) is 4.51. The second kappa shape index (κ2) is 8.04. The highest BCUT2D eigenvalue weighted by atomic mass is 19.3. The molecule has 1 aromatic heterocycles. The minimum atomic E-state index is -2.99. The van der Waals surface area contributed by atoms with Gasteiger partial charge in [-0.3, -0.25) is 0 Å². The number of hydrogen-bond donors (Lipinski definition) is 2. The van der Waals surface area contributed by atoms with Crippen molar-refractivity contribution in [1.29, 1.82) is 0 Å². The van der Waals surface area contributed by atoms with Gasteiger partial charge < -0.3 is 19.9 Å². The summed E-state index contributed by atoms with van der Waals surface area (Å²) in [5, 5.41) is 11.6. The van der Waals surface area contributed by atoms with Crippen LogP contribution in [0.1, 0.15) is 23.0 Å². The molecule has 0 radical (unpaired) electrons. The predicted molar refractivity (Wildman–Crippen MR) is 80.6 cm³/mol. The highest BCUT2D eigenvalue weighted by molar-refractivity contribution is 5.84. The van der Waals surface area contributed by atoms with Crippen LogP contribution >= 0.6 is 0 Å². The number of carboxylic acid groups (broad SMARTS) is 1. The van der Waals surface area contributed by atoms with Crippen molar-refractivity contribution in [3.05, 3.63) is 41.9 Å². The van der Waals surface area contributed by atoms with Crippen LogP contribution in [0.5, 0.6) is 11.5 Å². The van der Waals surface area contributed by atoms with Gasteiger partial charge in [-0.25, -0.2) is 14.8 Å². The number of rotatable bonds is 8. The van der Waals surface area contributed by atoms with Crippen molar-refractivity contribution in [2.75, 3.05) is 11.9 Å². The Bertz CT molecular complexity index is 696. The number of halogens is 2. The number of nitrogens with one attached hydrogen (secondary N) is 1. The van der Waals surface area contributed by atoms with E-state index in [9.17, 15) is 13.6 Å². The number of benzene rings is 1. The molecule has 0 saturated carbocycles. The number of ether oxygens (including phenoxy) is 2. The third-order valence-corrected chi connectivity index (χ3v) is 2.90. The van der Waals surface area contributed by atoms with Crippen molar-refractivity contribution in [2.45, 2.75) is 20.1 Å². The smallest absolute Gasteiger partial charge is 0.387 e. The summed E-state index contributed by atoms with van der Waals surface area (Å²) in [6, 6.07) is 4.79. The summed E-state index contributed by atoms with van der Waals surface area (Å²) in [5.74, 6) is -0.739. The average Bonchev–Trinajstić information content (AvgIpc) is 2.55. The Morgan fingerprint density at radius 1 is 1.33 bits per heavy atom. The molecule has 2 N–H and O–H groups in total. The fraction of sp³-hybridized carbons (Fsp3) is 0.267. The van der Waals surface area contributed by atoms with Crippen LogP contribution in [0, 0.1) is 0 Å². The molecule has 0 aliphatic carbocycles. The Hall–Kier alpha value is -2.97. The molecular weight excluding hydrogens is 324 g/mol. The number of aromatic carboxylic acids is 1. The first kappa shape index (κ1) is 17.4. The van der Waals surface area contributed by atoms with Gasteiger partial charge in [-0.15, -0.1) is 0 Å². The van der Waals surface area contributed by atoms with Crippen LogP contribution in [0.4, 0.5) is 14.6 Å².